The first-order chi connectivity index (χ1) is 35.0. The fraction of sp³-hybridized carbons (Fsp3) is 0.554. The van der Waals surface area contributed by atoms with E-state index in [2.05, 4.69) is 106 Å². The second-order valence-electron chi connectivity index (χ2n) is 17.9. The van der Waals surface area contributed by atoms with Crippen molar-refractivity contribution in [1.82, 2.24) is 0 Å². The Balaban J connectivity index is 4.60. The molecule has 0 aliphatic heterocycles. The summed E-state index contributed by atoms with van der Waals surface area (Å²) in [7, 11) is 0. The molecule has 0 fully saturated rings. The number of esters is 3. The van der Waals surface area contributed by atoms with Gasteiger partial charge in [-0.15, -0.1) is 0 Å². The van der Waals surface area contributed by atoms with E-state index in [0.717, 1.165) is 96.3 Å². The average molecular weight is 978 g/mol. The van der Waals surface area contributed by atoms with Crippen LogP contribution in [0.15, 0.2) is 158 Å². The second kappa shape index (κ2) is 57.6. The molecule has 0 N–H and O–H groups in total. The summed E-state index contributed by atoms with van der Waals surface area (Å²) in [5, 5.41) is 0. The van der Waals surface area contributed by atoms with Gasteiger partial charge in [-0.2, -0.15) is 0 Å². The van der Waals surface area contributed by atoms with Gasteiger partial charge in [0.1, 0.15) is 13.2 Å². The zero-order valence-electron chi connectivity index (χ0n) is 45.2. The molecule has 0 aromatic heterocycles. The molecule has 0 saturated carbocycles. The SMILES string of the molecule is CC\C=C/C=C\C=C/C=C\C=C\C=C/C=C\CCCCCC(=O)OCC(COC(=O)CCCCCCCCC/C=C\CCCCCC)OC(=O)CCCCC/C=C\C/C=C\C/C=C\C/C=C\C/C=C\CC. The van der Waals surface area contributed by atoms with E-state index in [0.29, 0.717) is 19.3 Å². The molecule has 0 spiro atoms. The number of allylic oxidation sites excluding steroid dienone is 26. The van der Waals surface area contributed by atoms with Crippen LogP contribution in [0, 0.1) is 0 Å². The Hall–Kier alpha value is -4.97. The highest BCUT2D eigenvalue weighted by Crippen LogP contribution is 2.13. The maximum Gasteiger partial charge on any atom is 0.306 e. The predicted octanol–water partition coefficient (Wildman–Crippen LogP) is 19.0. The summed E-state index contributed by atoms with van der Waals surface area (Å²) in [5.74, 6) is -1.01. The molecule has 6 heteroatoms. The molecule has 71 heavy (non-hydrogen) atoms. The molecule has 0 radical (unpaired) electrons. The van der Waals surface area contributed by atoms with Gasteiger partial charge in [-0.05, 0) is 109 Å². The zero-order chi connectivity index (χ0) is 51.4. The Labute approximate surface area is 435 Å². The van der Waals surface area contributed by atoms with Crippen LogP contribution in [0.2, 0.25) is 0 Å². The lowest BCUT2D eigenvalue weighted by atomic mass is 10.1. The van der Waals surface area contributed by atoms with Crippen LogP contribution in [0.3, 0.4) is 0 Å². The highest BCUT2D eigenvalue weighted by molar-refractivity contribution is 5.71. The molecule has 6 nitrogen and oxygen atoms in total. The van der Waals surface area contributed by atoms with Crippen LogP contribution in [0.1, 0.15) is 213 Å². The largest absolute Gasteiger partial charge is 0.462 e. The Morgan fingerprint density at radius 1 is 0.310 bits per heavy atom. The fourth-order valence-corrected chi connectivity index (χ4v) is 7.03. The smallest absolute Gasteiger partial charge is 0.306 e. The standard InChI is InChI=1S/C65H100O6/c1-4-7-10-13-16-19-22-25-28-30-32-34-37-40-43-46-49-52-55-58-64(67)70-61-62(60-69-63(66)57-54-51-48-45-42-39-36-27-24-21-18-15-12-9-6-3)71-65(68)59-56-53-50-47-44-41-38-35-33-31-29-26-23-20-17-14-11-8-5-2/h7-8,10-11,13,16-17,19-22,24-26,28-30,32-35,37,40-41,43-44,62H,4-6,9,12,14-15,18,23,27,31,36,38-39,42,45-61H2,1-3H3/b10-7-,11-8-,16-13-,20-17-,22-19-,24-21-,28-25-,29-26-,32-30+,35-33-,37-34-,43-40-,44-41-. The lowest BCUT2D eigenvalue weighted by molar-refractivity contribution is -0.167. The zero-order valence-corrected chi connectivity index (χ0v) is 45.2. The van der Waals surface area contributed by atoms with Crippen LogP contribution in [0.25, 0.3) is 0 Å². The third-order valence-electron chi connectivity index (χ3n) is 11.2. The lowest BCUT2D eigenvalue weighted by Crippen LogP contribution is -2.30. The average Bonchev–Trinajstić information content (AvgIpc) is 3.37. The fourth-order valence-electron chi connectivity index (χ4n) is 7.03. The van der Waals surface area contributed by atoms with Gasteiger partial charge in [-0.1, -0.05) is 243 Å². The molecule has 0 aliphatic carbocycles. The van der Waals surface area contributed by atoms with E-state index in [1.807, 2.05) is 72.9 Å². The summed E-state index contributed by atoms with van der Waals surface area (Å²) in [6.07, 6.45) is 83.6. The molecule has 1 unspecified atom stereocenters. The van der Waals surface area contributed by atoms with E-state index in [1.165, 1.54) is 64.2 Å². The monoisotopic (exact) mass is 977 g/mol. The van der Waals surface area contributed by atoms with Gasteiger partial charge in [0, 0.05) is 19.3 Å². The molecular weight excluding hydrogens is 877 g/mol. The van der Waals surface area contributed by atoms with Gasteiger partial charge in [0.25, 0.3) is 0 Å². The first kappa shape index (κ1) is 66.0. The number of carbonyl (C=O) groups excluding carboxylic acids is 3. The number of rotatable bonds is 48. The van der Waals surface area contributed by atoms with Crippen molar-refractivity contribution in [2.75, 3.05) is 13.2 Å². The van der Waals surface area contributed by atoms with Crippen LogP contribution >= 0.6 is 0 Å². The Bertz CT molecular complexity index is 1640. The summed E-state index contributed by atoms with van der Waals surface area (Å²) in [6.45, 7) is 6.28. The first-order valence-corrected chi connectivity index (χ1v) is 28.1. The molecule has 0 amide bonds. The van der Waals surface area contributed by atoms with E-state index in [1.54, 1.807) is 0 Å². The van der Waals surface area contributed by atoms with Crippen molar-refractivity contribution < 1.29 is 28.6 Å². The highest BCUT2D eigenvalue weighted by atomic mass is 16.6. The molecule has 0 aromatic rings. The van der Waals surface area contributed by atoms with E-state index in [-0.39, 0.29) is 44.0 Å². The first-order valence-electron chi connectivity index (χ1n) is 28.1. The van der Waals surface area contributed by atoms with E-state index in [9.17, 15) is 14.4 Å². The van der Waals surface area contributed by atoms with Crippen molar-refractivity contribution in [2.24, 2.45) is 0 Å². The molecule has 396 valence electrons. The molecule has 0 heterocycles. The van der Waals surface area contributed by atoms with Crippen LogP contribution in [-0.4, -0.2) is 37.2 Å². The minimum atomic E-state index is -0.825. The van der Waals surface area contributed by atoms with Gasteiger partial charge in [0.15, 0.2) is 6.10 Å². The maximum absolute atomic E-state index is 12.9. The quantitative estimate of drug-likeness (QED) is 0.0199. The lowest BCUT2D eigenvalue weighted by Gasteiger charge is -2.18. The van der Waals surface area contributed by atoms with Crippen molar-refractivity contribution >= 4 is 17.9 Å². The van der Waals surface area contributed by atoms with Gasteiger partial charge in [-0.3, -0.25) is 14.4 Å². The molecule has 0 aromatic carbocycles. The minimum Gasteiger partial charge on any atom is -0.462 e. The second-order valence-corrected chi connectivity index (χ2v) is 17.9. The van der Waals surface area contributed by atoms with E-state index in [4.69, 9.17) is 14.2 Å². The van der Waals surface area contributed by atoms with Crippen molar-refractivity contribution in [3.8, 4) is 0 Å². The summed E-state index contributed by atoms with van der Waals surface area (Å²) >= 11 is 0. The van der Waals surface area contributed by atoms with Gasteiger partial charge in [-0.25, -0.2) is 0 Å². The number of hydrogen-bond donors (Lipinski definition) is 0. The van der Waals surface area contributed by atoms with Crippen LogP contribution in [-0.2, 0) is 28.6 Å². The number of hydrogen-bond acceptors (Lipinski definition) is 6. The summed E-state index contributed by atoms with van der Waals surface area (Å²) in [5.41, 5.74) is 0. The third-order valence-corrected chi connectivity index (χ3v) is 11.2. The molecule has 0 bridgehead atoms. The number of carbonyl (C=O) groups is 3. The van der Waals surface area contributed by atoms with Gasteiger partial charge in [0.05, 0.1) is 0 Å². The highest BCUT2D eigenvalue weighted by Gasteiger charge is 2.19. The van der Waals surface area contributed by atoms with Gasteiger partial charge < -0.3 is 14.2 Å². The van der Waals surface area contributed by atoms with Crippen molar-refractivity contribution in [2.45, 2.75) is 219 Å². The Kier molecular flexibility index (Phi) is 53.6. The van der Waals surface area contributed by atoms with Crippen molar-refractivity contribution in [3.05, 3.63) is 158 Å². The summed E-state index contributed by atoms with van der Waals surface area (Å²) < 4.78 is 16.8. The number of ether oxygens (including phenoxy) is 3. The third kappa shape index (κ3) is 55.8. The molecule has 0 rings (SSSR count). The van der Waals surface area contributed by atoms with Crippen molar-refractivity contribution in [3.63, 3.8) is 0 Å². The number of unbranched alkanes of at least 4 members (excludes halogenated alkanes) is 17. The molecule has 1 atom stereocenters. The minimum absolute atomic E-state index is 0.116. The summed E-state index contributed by atoms with van der Waals surface area (Å²) in [6, 6.07) is 0. The Morgan fingerprint density at radius 2 is 0.620 bits per heavy atom. The molecule has 0 saturated heterocycles. The van der Waals surface area contributed by atoms with Crippen LogP contribution in [0.5, 0.6) is 0 Å². The van der Waals surface area contributed by atoms with Gasteiger partial charge >= 0.3 is 17.9 Å². The molecular formula is C65H100O6. The van der Waals surface area contributed by atoms with Crippen molar-refractivity contribution in [1.29, 1.82) is 0 Å². The molecule has 0 aliphatic rings. The normalized spacial score (nSPS) is 13.3. The maximum atomic E-state index is 12.9. The predicted molar refractivity (Wildman–Crippen MR) is 306 cm³/mol. The van der Waals surface area contributed by atoms with Gasteiger partial charge in [0.2, 0.25) is 0 Å². The van der Waals surface area contributed by atoms with Crippen LogP contribution in [0.4, 0.5) is 0 Å². The van der Waals surface area contributed by atoms with E-state index >= 15 is 0 Å². The Morgan fingerprint density at radius 3 is 1.06 bits per heavy atom. The van der Waals surface area contributed by atoms with Crippen LogP contribution < -0.4 is 0 Å². The topological polar surface area (TPSA) is 78.9 Å². The summed E-state index contributed by atoms with van der Waals surface area (Å²) in [4.78, 5) is 38.2. The van der Waals surface area contributed by atoms with E-state index < -0.39 is 6.10 Å².